The minimum absolute atomic E-state index is 0.0331. The van der Waals surface area contributed by atoms with Crippen LogP contribution >= 0.6 is 15.9 Å². The first-order chi connectivity index (χ1) is 12.7. The lowest BCUT2D eigenvalue weighted by Gasteiger charge is -2.33. The van der Waals surface area contributed by atoms with Gasteiger partial charge in [-0.25, -0.2) is 5.43 Å². The van der Waals surface area contributed by atoms with Crippen LogP contribution in [0, 0.1) is 0 Å². The molecule has 26 heavy (non-hydrogen) atoms. The topological polar surface area (TPSA) is 49.1 Å². The summed E-state index contributed by atoms with van der Waals surface area (Å²) < 4.78 is 0.992. The predicted molar refractivity (Wildman–Crippen MR) is 109 cm³/mol. The fraction of sp³-hybridized carbons (Fsp3) is 0.300. The van der Waals surface area contributed by atoms with Crippen LogP contribution in [-0.2, 0) is 4.79 Å². The fourth-order valence-electron chi connectivity index (χ4n) is 3.08. The van der Waals surface area contributed by atoms with E-state index in [0.29, 0.717) is 6.42 Å². The minimum Gasteiger partial charge on any atom is -0.360 e. The zero-order valence-electron chi connectivity index (χ0n) is 14.7. The summed E-state index contributed by atoms with van der Waals surface area (Å²) in [5.74, 6) is -0.0331. The number of halogens is 1. The van der Waals surface area contributed by atoms with Gasteiger partial charge in [-0.2, -0.15) is 5.10 Å². The maximum atomic E-state index is 12.0. The molecule has 1 heterocycles. The lowest BCUT2D eigenvalue weighted by atomic mass is 10.2. The summed E-state index contributed by atoms with van der Waals surface area (Å²) in [6.45, 7) is 5.03. The molecule has 1 saturated heterocycles. The van der Waals surface area contributed by atoms with E-state index >= 15 is 0 Å². The average molecular weight is 416 g/mol. The van der Waals surface area contributed by atoms with E-state index in [1.54, 1.807) is 6.21 Å². The Morgan fingerprint density at radius 1 is 1.15 bits per heavy atom. The van der Waals surface area contributed by atoms with Gasteiger partial charge < -0.3 is 9.80 Å². The molecule has 2 aromatic rings. The molecular weight excluding hydrogens is 392 g/mol. The fourth-order valence-corrected chi connectivity index (χ4v) is 3.50. The van der Waals surface area contributed by atoms with E-state index in [9.17, 15) is 4.79 Å². The number of hydrogen-bond donors (Lipinski definition) is 2. The van der Waals surface area contributed by atoms with Crippen molar-refractivity contribution in [2.24, 2.45) is 5.10 Å². The Hall–Kier alpha value is -2.18. The summed E-state index contributed by atoms with van der Waals surface area (Å²) in [6, 6.07) is 18.3. The zero-order valence-corrected chi connectivity index (χ0v) is 16.3. The van der Waals surface area contributed by atoms with Crippen molar-refractivity contribution in [3.8, 4) is 0 Å². The number of piperazine rings is 1. The number of quaternary nitrogens is 1. The second-order valence-electron chi connectivity index (χ2n) is 6.42. The van der Waals surface area contributed by atoms with E-state index in [4.69, 9.17) is 0 Å². The van der Waals surface area contributed by atoms with Crippen LogP contribution in [0.4, 0.5) is 5.69 Å². The first kappa shape index (κ1) is 18.6. The standard InChI is InChI=1S/C20H23BrN4O/c21-18-6-4-5-17(15-18)16-22-23-20(26)9-10-24-11-13-25(14-12-24)19-7-2-1-3-8-19/h1-8,15-16H,9-14H2,(H,23,26)/p+1/b22-16-. The zero-order chi connectivity index (χ0) is 18.2. The molecule has 0 radical (unpaired) electrons. The molecule has 1 aliphatic rings. The van der Waals surface area contributed by atoms with Gasteiger partial charge in [0.2, 0.25) is 5.91 Å². The first-order valence-corrected chi connectivity index (χ1v) is 9.71. The van der Waals surface area contributed by atoms with Gasteiger partial charge in [0.25, 0.3) is 0 Å². The van der Waals surface area contributed by atoms with Crippen molar-refractivity contribution in [2.75, 3.05) is 37.6 Å². The Morgan fingerprint density at radius 3 is 2.65 bits per heavy atom. The van der Waals surface area contributed by atoms with Crippen molar-refractivity contribution in [1.82, 2.24) is 5.43 Å². The number of anilines is 1. The molecule has 0 atom stereocenters. The number of para-hydroxylation sites is 1. The molecule has 0 unspecified atom stereocenters. The molecule has 1 amide bonds. The molecule has 0 aromatic heterocycles. The number of nitrogens with one attached hydrogen (secondary N) is 2. The van der Waals surface area contributed by atoms with Gasteiger partial charge in [-0.15, -0.1) is 0 Å². The van der Waals surface area contributed by atoms with Crippen molar-refractivity contribution < 1.29 is 9.69 Å². The Labute approximate surface area is 162 Å². The van der Waals surface area contributed by atoms with Gasteiger partial charge >= 0.3 is 0 Å². The van der Waals surface area contributed by atoms with Crippen LogP contribution in [0.25, 0.3) is 0 Å². The number of rotatable bonds is 6. The van der Waals surface area contributed by atoms with Crippen LogP contribution in [0.2, 0.25) is 0 Å². The number of hydrazone groups is 1. The Kier molecular flexibility index (Phi) is 6.80. The maximum absolute atomic E-state index is 12.0. The van der Waals surface area contributed by atoms with Crippen LogP contribution in [-0.4, -0.2) is 44.8 Å². The Morgan fingerprint density at radius 2 is 1.92 bits per heavy atom. The molecular formula is C20H24BrN4O+. The third kappa shape index (κ3) is 5.68. The third-order valence-electron chi connectivity index (χ3n) is 4.55. The van der Waals surface area contributed by atoms with Gasteiger partial charge in [0.05, 0.1) is 45.4 Å². The van der Waals surface area contributed by atoms with Crippen LogP contribution in [0.5, 0.6) is 0 Å². The summed E-state index contributed by atoms with van der Waals surface area (Å²) in [5, 5.41) is 4.04. The van der Waals surface area contributed by atoms with E-state index < -0.39 is 0 Å². The molecule has 0 spiro atoms. The Bertz CT molecular complexity index is 742. The highest BCUT2D eigenvalue weighted by Gasteiger charge is 2.20. The summed E-state index contributed by atoms with van der Waals surface area (Å²) in [5.41, 5.74) is 4.85. The number of amides is 1. The number of carbonyl (C=O) groups is 1. The van der Waals surface area contributed by atoms with E-state index in [1.165, 1.54) is 10.6 Å². The quantitative estimate of drug-likeness (QED) is 0.557. The predicted octanol–water partition coefficient (Wildman–Crippen LogP) is 1.69. The minimum atomic E-state index is -0.0331. The summed E-state index contributed by atoms with van der Waals surface area (Å²) >= 11 is 3.42. The molecule has 3 rings (SSSR count). The lowest BCUT2D eigenvalue weighted by Crippen LogP contribution is -3.15. The highest BCUT2D eigenvalue weighted by molar-refractivity contribution is 9.10. The summed E-state index contributed by atoms with van der Waals surface area (Å²) in [7, 11) is 0. The second-order valence-corrected chi connectivity index (χ2v) is 7.34. The van der Waals surface area contributed by atoms with Crippen LogP contribution in [0.1, 0.15) is 12.0 Å². The van der Waals surface area contributed by atoms with Gasteiger partial charge in [-0.3, -0.25) is 4.79 Å². The number of nitrogens with zero attached hydrogens (tertiary/aromatic N) is 2. The van der Waals surface area contributed by atoms with Gasteiger partial charge in [0.1, 0.15) is 0 Å². The van der Waals surface area contributed by atoms with Gasteiger partial charge in [-0.05, 0) is 29.8 Å². The number of carbonyl (C=O) groups excluding carboxylic acids is 1. The van der Waals surface area contributed by atoms with E-state index in [-0.39, 0.29) is 5.91 Å². The number of hydrogen-bond acceptors (Lipinski definition) is 3. The SMILES string of the molecule is O=C(CC[NH+]1CCN(c2ccccc2)CC1)N/N=C\c1cccc(Br)c1. The smallest absolute Gasteiger partial charge is 0.245 e. The van der Waals surface area contributed by atoms with E-state index in [0.717, 1.165) is 42.8 Å². The van der Waals surface area contributed by atoms with Crippen molar-refractivity contribution in [1.29, 1.82) is 0 Å². The molecule has 136 valence electrons. The highest BCUT2D eigenvalue weighted by atomic mass is 79.9. The molecule has 5 nitrogen and oxygen atoms in total. The molecule has 2 N–H and O–H groups in total. The van der Waals surface area contributed by atoms with Crippen molar-refractivity contribution in [2.45, 2.75) is 6.42 Å². The van der Waals surface area contributed by atoms with Gasteiger partial charge in [-0.1, -0.05) is 46.3 Å². The van der Waals surface area contributed by atoms with Crippen molar-refractivity contribution >= 4 is 33.7 Å². The van der Waals surface area contributed by atoms with E-state index in [2.05, 4.69) is 55.6 Å². The molecule has 2 aromatic carbocycles. The van der Waals surface area contributed by atoms with Crippen molar-refractivity contribution in [3.63, 3.8) is 0 Å². The molecule has 6 heteroatoms. The van der Waals surface area contributed by atoms with Gasteiger partial charge in [0.15, 0.2) is 0 Å². The Balaban J connectivity index is 1.36. The molecule has 0 saturated carbocycles. The number of benzene rings is 2. The largest absolute Gasteiger partial charge is 0.360 e. The van der Waals surface area contributed by atoms with E-state index in [1.807, 2.05) is 30.3 Å². The normalized spacial score (nSPS) is 15.3. The molecule has 1 aliphatic heterocycles. The van der Waals surface area contributed by atoms with Crippen LogP contribution in [0.3, 0.4) is 0 Å². The second kappa shape index (κ2) is 9.50. The van der Waals surface area contributed by atoms with Crippen molar-refractivity contribution in [3.05, 3.63) is 64.6 Å². The summed E-state index contributed by atoms with van der Waals surface area (Å²) in [6.07, 6.45) is 2.16. The van der Waals surface area contributed by atoms with Crippen LogP contribution in [0.15, 0.2) is 64.2 Å². The van der Waals surface area contributed by atoms with Gasteiger partial charge in [0, 0.05) is 10.2 Å². The molecule has 0 aliphatic carbocycles. The molecule has 1 fully saturated rings. The summed E-state index contributed by atoms with van der Waals surface area (Å²) in [4.78, 5) is 15.9. The average Bonchev–Trinajstić information content (AvgIpc) is 2.68. The lowest BCUT2D eigenvalue weighted by molar-refractivity contribution is -0.900. The monoisotopic (exact) mass is 415 g/mol. The highest BCUT2D eigenvalue weighted by Crippen LogP contribution is 2.12. The molecule has 0 bridgehead atoms. The third-order valence-corrected chi connectivity index (χ3v) is 5.04. The van der Waals surface area contributed by atoms with Crippen LogP contribution < -0.4 is 15.2 Å². The first-order valence-electron chi connectivity index (χ1n) is 8.92. The maximum Gasteiger partial charge on any atom is 0.245 e.